The van der Waals surface area contributed by atoms with E-state index in [0.29, 0.717) is 0 Å². The van der Waals surface area contributed by atoms with Gasteiger partial charge in [-0.05, 0) is 34.9 Å². The average Bonchev–Trinajstić information content (AvgIpc) is 2.06. The molecule has 8 heavy (non-hydrogen) atoms. The summed E-state index contributed by atoms with van der Waals surface area (Å²) in [6.07, 6.45) is -0.336. The van der Waals surface area contributed by atoms with Crippen LogP contribution >= 0.6 is 15.9 Å². The molecular formula is C6H6BrN. The van der Waals surface area contributed by atoms with Crippen LogP contribution in [0.15, 0.2) is 22.7 Å². The fraction of sp³-hybridized carbons (Fsp3) is 0.167. The van der Waals surface area contributed by atoms with Crippen molar-refractivity contribution in [2.75, 3.05) is 0 Å². The zero-order valence-corrected chi connectivity index (χ0v) is 5.41. The summed E-state index contributed by atoms with van der Waals surface area (Å²) in [6, 6.07) is -0.788. The number of halogens is 1. The Bertz CT molecular complexity index is 374. The van der Waals surface area contributed by atoms with E-state index in [1.54, 1.807) is 0 Å². The highest BCUT2D eigenvalue weighted by molar-refractivity contribution is 9.10. The summed E-state index contributed by atoms with van der Waals surface area (Å²) in [5, 5.41) is 0. The Hall–Kier alpha value is -0.370. The molecule has 0 amide bonds. The van der Waals surface area contributed by atoms with Crippen LogP contribution in [0, 0.1) is 6.85 Å². The lowest BCUT2D eigenvalue weighted by atomic mass is 10.4. The van der Waals surface area contributed by atoms with E-state index >= 15 is 0 Å². The second-order valence-electron chi connectivity index (χ2n) is 1.14. The van der Waals surface area contributed by atoms with Gasteiger partial charge in [0.1, 0.15) is 0 Å². The fourth-order valence-electron chi connectivity index (χ4n) is 0.275. The topological polar surface area (TPSA) is 12.9 Å². The van der Waals surface area contributed by atoms with Gasteiger partial charge < -0.3 is 0 Å². The van der Waals surface area contributed by atoms with Crippen molar-refractivity contribution in [3.8, 4) is 0 Å². The van der Waals surface area contributed by atoms with Gasteiger partial charge in [-0.3, -0.25) is 4.98 Å². The lowest BCUT2D eigenvalue weighted by molar-refractivity contribution is 1.19. The number of rotatable bonds is 0. The molecule has 0 saturated heterocycles. The molecule has 0 bridgehead atoms. The Morgan fingerprint density at radius 1 is 1.88 bits per heavy atom. The molecule has 1 rings (SSSR count). The van der Waals surface area contributed by atoms with Gasteiger partial charge in [0.2, 0.25) is 0 Å². The average molecular weight is 178 g/mol. The standard InChI is InChI=1S/C6H6BrN/c1-5-2-3-6(7)4-8-5/h2-4H,1H3/i1D3,2D,3D,4D. The predicted octanol–water partition coefficient (Wildman–Crippen LogP) is 2.15. The molecule has 2 heteroatoms. The minimum Gasteiger partial charge on any atom is -0.260 e. The molecular weight excluding hydrogens is 166 g/mol. The number of aromatic nitrogens is 1. The van der Waals surface area contributed by atoms with Gasteiger partial charge in [-0.2, -0.15) is 0 Å². The van der Waals surface area contributed by atoms with Crippen LogP contribution in [0.25, 0.3) is 0 Å². The fourth-order valence-corrected chi connectivity index (χ4v) is 0.463. The molecule has 0 aromatic carbocycles. The minimum absolute atomic E-state index is 0.0375. The zero-order valence-electron chi connectivity index (χ0n) is 9.83. The van der Waals surface area contributed by atoms with Crippen LogP contribution in [0.5, 0.6) is 0 Å². The number of hydrogen-bond acceptors (Lipinski definition) is 1. The van der Waals surface area contributed by atoms with E-state index in [1.165, 1.54) is 0 Å². The molecule has 0 radical (unpaired) electrons. The third-order valence-electron chi connectivity index (χ3n) is 0.557. The van der Waals surface area contributed by atoms with Crippen molar-refractivity contribution in [1.29, 1.82) is 0 Å². The molecule has 0 aliphatic rings. The molecule has 0 saturated carbocycles. The molecule has 42 valence electrons. The molecule has 1 heterocycles. The number of hydrogen-bond donors (Lipinski definition) is 0. The highest BCUT2D eigenvalue weighted by atomic mass is 79.9. The lowest BCUT2D eigenvalue weighted by Gasteiger charge is -1.87. The van der Waals surface area contributed by atoms with E-state index < -0.39 is 18.6 Å². The maximum atomic E-state index is 7.37. The van der Waals surface area contributed by atoms with Crippen molar-refractivity contribution in [3.05, 3.63) is 28.4 Å². The number of pyridine rings is 1. The summed E-state index contributed by atoms with van der Waals surface area (Å²) >= 11 is 2.89. The highest BCUT2D eigenvalue weighted by Gasteiger charge is 1.82. The van der Waals surface area contributed by atoms with E-state index in [1.807, 2.05) is 0 Å². The predicted molar refractivity (Wildman–Crippen MR) is 36.7 cm³/mol. The number of nitrogens with zero attached hydrogens (tertiary/aromatic N) is 1. The van der Waals surface area contributed by atoms with Crippen molar-refractivity contribution >= 4 is 15.9 Å². The lowest BCUT2D eigenvalue weighted by Crippen LogP contribution is -1.75. The van der Waals surface area contributed by atoms with Crippen molar-refractivity contribution < 1.29 is 8.22 Å². The van der Waals surface area contributed by atoms with Crippen molar-refractivity contribution in [2.45, 2.75) is 6.85 Å². The molecule has 1 aromatic heterocycles. The minimum atomic E-state index is -2.55. The molecule has 0 spiro atoms. The van der Waals surface area contributed by atoms with Crippen LogP contribution in [0.1, 0.15) is 13.9 Å². The van der Waals surface area contributed by atoms with E-state index in [-0.39, 0.29) is 16.7 Å². The molecule has 1 aromatic rings. The third kappa shape index (κ3) is 1.30. The summed E-state index contributed by atoms with van der Waals surface area (Å²) in [4.78, 5) is 3.45. The Morgan fingerprint density at radius 3 is 3.50 bits per heavy atom. The normalized spacial score (nSPS) is 21.6. The van der Waals surface area contributed by atoms with Crippen molar-refractivity contribution in [3.63, 3.8) is 0 Å². The van der Waals surface area contributed by atoms with E-state index in [9.17, 15) is 0 Å². The molecule has 0 fully saturated rings. The summed E-state index contributed by atoms with van der Waals surface area (Å²) < 4.78 is 43.2. The summed E-state index contributed by atoms with van der Waals surface area (Å²) in [6.45, 7) is -2.55. The zero-order chi connectivity index (χ0) is 11.1. The first-order chi connectivity index (χ1) is 6.25. The largest absolute Gasteiger partial charge is 0.260 e. The van der Waals surface area contributed by atoms with Crippen LogP contribution in [0.4, 0.5) is 0 Å². The van der Waals surface area contributed by atoms with Crippen LogP contribution in [-0.4, -0.2) is 4.98 Å². The molecule has 0 aliphatic heterocycles. The Morgan fingerprint density at radius 2 is 2.75 bits per heavy atom. The van der Waals surface area contributed by atoms with Gasteiger partial charge in [0.15, 0.2) is 0 Å². The monoisotopic (exact) mass is 177 g/mol. The highest BCUT2D eigenvalue weighted by Crippen LogP contribution is 2.05. The Kier molecular flexibility index (Phi) is 0.511. The molecule has 0 atom stereocenters. The number of aryl methyl sites for hydroxylation is 1. The van der Waals surface area contributed by atoms with Crippen molar-refractivity contribution in [2.24, 2.45) is 0 Å². The van der Waals surface area contributed by atoms with Crippen LogP contribution in [-0.2, 0) is 0 Å². The first-order valence-electron chi connectivity index (χ1n) is 4.89. The Labute approximate surface area is 65.3 Å². The van der Waals surface area contributed by atoms with Gasteiger partial charge in [-0.15, -0.1) is 0 Å². The SMILES string of the molecule is [2H]c1nc(C([2H])([2H])[2H])c([2H])c([2H])c1Br. The van der Waals surface area contributed by atoms with Gasteiger partial charge in [0, 0.05) is 20.5 Å². The quantitative estimate of drug-likeness (QED) is 0.593. The molecule has 0 N–H and O–H groups in total. The van der Waals surface area contributed by atoms with Crippen LogP contribution in [0.3, 0.4) is 0 Å². The maximum absolute atomic E-state index is 7.37. The first-order valence-corrected chi connectivity index (χ1v) is 2.68. The van der Waals surface area contributed by atoms with Crippen LogP contribution < -0.4 is 0 Å². The second kappa shape index (κ2) is 2.27. The second-order valence-corrected chi connectivity index (χ2v) is 1.93. The van der Waals surface area contributed by atoms with E-state index in [2.05, 4.69) is 20.9 Å². The van der Waals surface area contributed by atoms with Crippen molar-refractivity contribution in [1.82, 2.24) is 4.98 Å². The Balaban J connectivity index is 3.49. The van der Waals surface area contributed by atoms with Crippen LogP contribution in [0.2, 0.25) is 0 Å². The van der Waals surface area contributed by atoms with E-state index in [4.69, 9.17) is 8.22 Å². The first kappa shape index (κ1) is 1.81. The summed E-state index contributed by atoms with van der Waals surface area (Å²) in [7, 11) is 0. The van der Waals surface area contributed by atoms with Gasteiger partial charge >= 0.3 is 0 Å². The molecule has 0 unspecified atom stereocenters. The van der Waals surface area contributed by atoms with E-state index in [0.717, 1.165) is 0 Å². The van der Waals surface area contributed by atoms with Gasteiger partial charge in [-0.1, -0.05) is 0 Å². The van der Waals surface area contributed by atoms with Gasteiger partial charge in [0.05, 0.1) is 4.11 Å². The molecule has 0 aliphatic carbocycles. The van der Waals surface area contributed by atoms with Gasteiger partial charge in [0.25, 0.3) is 0 Å². The smallest absolute Gasteiger partial charge is 0.0852 e. The third-order valence-corrected chi connectivity index (χ3v) is 0.932. The van der Waals surface area contributed by atoms with Gasteiger partial charge in [-0.25, -0.2) is 0 Å². The summed E-state index contributed by atoms with van der Waals surface area (Å²) in [5.74, 6) is 0. The maximum Gasteiger partial charge on any atom is 0.0852 e. The molecule has 1 nitrogen and oxygen atoms in total. The summed E-state index contributed by atoms with van der Waals surface area (Å²) in [5.41, 5.74) is -0.504.